The minimum Gasteiger partial charge on any atom is -0.493 e. The molecule has 10 heteroatoms. The van der Waals surface area contributed by atoms with E-state index in [0.29, 0.717) is 52.8 Å². The van der Waals surface area contributed by atoms with Crippen LogP contribution in [0.5, 0.6) is 23.0 Å². The van der Waals surface area contributed by atoms with Gasteiger partial charge in [-0.2, -0.15) is 5.10 Å². The number of nitrogens with zero attached hydrogens (tertiary/aromatic N) is 1. The molecule has 0 radical (unpaired) electrons. The van der Waals surface area contributed by atoms with Gasteiger partial charge >= 0.3 is 5.97 Å². The highest BCUT2D eigenvalue weighted by Gasteiger charge is 2.15. The van der Waals surface area contributed by atoms with Crippen molar-refractivity contribution < 1.29 is 33.3 Å². The highest BCUT2D eigenvalue weighted by atomic mass is 16.6. The number of aryl methyl sites for hydroxylation is 1. The molecule has 0 heterocycles. The zero-order valence-electron chi connectivity index (χ0n) is 24.9. The molecule has 10 nitrogen and oxygen atoms in total. The number of ether oxygens (including phenoxy) is 4. The van der Waals surface area contributed by atoms with E-state index < -0.39 is 11.9 Å². The first-order valence-electron chi connectivity index (χ1n) is 13.9. The van der Waals surface area contributed by atoms with Gasteiger partial charge in [0.15, 0.2) is 23.0 Å². The summed E-state index contributed by atoms with van der Waals surface area (Å²) in [5, 5.41) is 6.83. The molecule has 0 aromatic heterocycles. The van der Waals surface area contributed by atoms with E-state index in [0.717, 1.165) is 5.56 Å². The quantitative estimate of drug-likeness (QED) is 0.0886. The summed E-state index contributed by atoms with van der Waals surface area (Å²) in [6.07, 6.45) is 1.43. The molecular weight excluding hydrogens is 562 g/mol. The summed E-state index contributed by atoms with van der Waals surface area (Å²) in [6.45, 7) is 6.50. The molecule has 0 saturated heterocycles. The van der Waals surface area contributed by atoms with E-state index >= 15 is 0 Å². The van der Waals surface area contributed by atoms with E-state index in [4.69, 9.17) is 18.9 Å². The monoisotopic (exact) mass is 595 g/mol. The molecule has 0 aliphatic carbocycles. The lowest BCUT2D eigenvalue weighted by molar-refractivity contribution is 0.0729. The molecule has 0 aliphatic heterocycles. The Morgan fingerprint density at radius 1 is 0.727 bits per heavy atom. The predicted octanol–water partition coefficient (Wildman–Crippen LogP) is 6.04. The normalized spacial score (nSPS) is 10.6. The molecule has 2 N–H and O–H groups in total. The lowest BCUT2D eigenvalue weighted by Crippen LogP contribution is -2.18. The zero-order chi connectivity index (χ0) is 31.5. The lowest BCUT2D eigenvalue weighted by Gasteiger charge is -2.12. The second-order valence-corrected chi connectivity index (χ2v) is 9.43. The number of nitrogens with one attached hydrogen (secondary N) is 2. The van der Waals surface area contributed by atoms with E-state index in [1.165, 1.54) is 13.3 Å². The molecule has 226 valence electrons. The molecular formula is C34H33N3O7. The molecule has 0 unspecified atom stereocenters. The van der Waals surface area contributed by atoms with Crippen molar-refractivity contribution in [1.82, 2.24) is 5.43 Å². The molecule has 0 atom stereocenters. The number of hydrazone groups is 1. The highest BCUT2D eigenvalue weighted by molar-refractivity contribution is 6.05. The Labute approximate surface area is 255 Å². The van der Waals surface area contributed by atoms with Crippen LogP contribution in [-0.2, 0) is 0 Å². The van der Waals surface area contributed by atoms with Gasteiger partial charge in [0.25, 0.3) is 11.8 Å². The minimum atomic E-state index is -0.506. The van der Waals surface area contributed by atoms with Gasteiger partial charge in [-0.15, -0.1) is 0 Å². The number of hydrogen-bond acceptors (Lipinski definition) is 8. The number of esters is 1. The van der Waals surface area contributed by atoms with E-state index in [9.17, 15) is 14.4 Å². The van der Waals surface area contributed by atoms with Crippen molar-refractivity contribution >= 4 is 29.7 Å². The first-order valence-corrected chi connectivity index (χ1v) is 13.9. The van der Waals surface area contributed by atoms with Crippen molar-refractivity contribution in [3.63, 3.8) is 0 Å². The third kappa shape index (κ3) is 8.22. The maximum absolute atomic E-state index is 12.9. The standard InChI is InChI=1S/C34H33N3O7/c1-5-42-28-16-14-25(20-31(28)43-6-2)32(38)36-27-12-8-10-24(19-27)33(39)37-35-21-23-13-15-29(30(18-23)41-4)44-34(40)26-11-7-9-22(3)17-26/h7-21H,5-6H2,1-4H3,(H,36,38)(H,37,39). The van der Waals surface area contributed by atoms with Crippen LogP contribution in [0.1, 0.15) is 56.0 Å². The number of amides is 2. The number of hydrogen-bond donors (Lipinski definition) is 2. The third-order valence-corrected chi connectivity index (χ3v) is 6.21. The fraction of sp³-hybridized carbons (Fsp3) is 0.176. The summed E-state index contributed by atoms with van der Waals surface area (Å²) < 4.78 is 22.1. The van der Waals surface area contributed by atoms with Crippen molar-refractivity contribution in [2.24, 2.45) is 5.10 Å². The van der Waals surface area contributed by atoms with E-state index in [1.807, 2.05) is 26.8 Å². The second-order valence-electron chi connectivity index (χ2n) is 9.43. The van der Waals surface area contributed by atoms with Gasteiger partial charge in [-0.05, 0) is 93.1 Å². The number of benzene rings is 4. The molecule has 2 amide bonds. The Bertz CT molecular complexity index is 1680. The van der Waals surface area contributed by atoms with Gasteiger partial charge < -0.3 is 24.3 Å². The molecule has 4 aromatic rings. The third-order valence-electron chi connectivity index (χ3n) is 6.21. The van der Waals surface area contributed by atoms with Crippen molar-refractivity contribution in [2.45, 2.75) is 20.8 Å². The number of anilines is 1. The summed E-state index contributed by atoms with van der Waals surface area (Å²) in [5.74, 6) is 0.252. The summed E-state index contributed by atoms with van der Waals surface area (Å²) in [4.78, 5) is 38.2. The van der Waals surface area contributed by atoms with Crippen molar-refractivity contribution in [2.75, 3.05) is 25.6 Å². The molecule has 0 saturated carbocycles. The molecule has 0 bridgehead atoms. The van der Waals surface area contributed by atoms with E-state index in [2.05, 4.69) is 15.8 Å². The number of carbonyl (C=O) groups excluding carboxylic acids is 3. The van der Waals surface area contributed by atoms with E-state index in [1.54, 1.807) is 78.9 Å². The van der Waals surface area contributed by atoms with Crippen LogP contribution in [-0.4, -0.2) is 44.3 Å². The van der Waals surface area contributed by atoms with Gasteiger partial charge in [-0.1, -0.05) is 23.8 Å². The Morgan fingerprint density at radius 2 is 1.43 bits per heavy atom. The van der Waals surface area contributed by atoms with Crippen LogP contribution >= 0.6 is 0 Å². The van der Waals surface area contributed by atoms with Gasteiger partial charge in [0, 0.05) is 16.8 Å². The largest absolute Gasteiger partial charge is 0.493 e. The molecule has 0 fully saturated rings. The summed E-state index contributed by atoms with van der Waals surface area (Å²) in [7, 11) is 1.46. The topological polar surface area (TPSA) is 125 Å². The van der Waals surface area contributed by atoms with Crippen LogP contribution < -0.4 is 29.7 Å². The van der Waals surface area contributed by atoms with Gasteiger partial charge in [0.05, 0.1) is 32.1 Å². The summed E-state index contributed by atoms with van der Waals surface area (Å²) in [6, 6.07) is 23.4. The van der Waals surface area contributed by atoms with Crippen molar-refractivity contribution in [3.05, 3.63) is 113 Å². The van der Waals surface area contributed by atoms with Crippen LogP contribution in [0.2, 0.25) is 0 Å². The fourth-order valence-corrected chi connectivity index (χ4v) is 4.14. The Balaban J connectivity index is 1.38. The van der Waals surface area contributed by atoms with Crippen LogP contribution in [0.4, 0.5) is 5.69 Å². The predicted molar refractivity (Wildman–Crippen MR) is 167 cm³/mol. The molecule has 0 aliphatic rings. The molecule has 4 aromatic carbocycles. The zero-order valence-corrected chi connectivity index (χ0v) is 24.9. The molecule has 0 spiro atoms. The van der Waals surface area contributed by atoms with Gasteiger partial charge in [0.1, 0.15) is 0 Å². The van der Waals surface area contributed by atoms with E-state index in [-0.39, 0.29) is 17.2 Å². The van der Waals surface area contributed by atoms with Gasteiger partial charge in [-0.25, -0.2) is 10.2 Å². The maximum atomic E-state index is 12.9. The number of methoxy groups -OCH3 is 1. The van der Waals surface area contributed by atoms with Crippen LogP contribution in [0.3, 0.4) is 0 Å². The molecule has 4 rings (SSSR count). The Hall–Kier alpha value is -5.64. The first kappa shape index (κ1) is 31.3. The number of rotatable bonds is 12. The molecule has 44 heavy (non-hydrogen) atoms. The fourth-order valence-electron chi connectivity index (χ4n) is 4.14. The highest BCUT2D eigenvalue weighted by Crippen LogP contribution is 2.30. The average molecular weight is 596 g/mol. The van der Waals surface area contributed by atoms with Crippen LogP contribution in [0.25, 0.3) is 0 Å². The lowest BCUT2D eigenvalue weighted by atomic mass is 10.1. The second kappa shape index (κ2) is 15.0. The minimum absolute atomic E-state index is 0.249. The maximum Gasteiger partial charge on any atom is 0.343 e. The first-order chi connectivity index (χ1) is 21.3. The summed E-state index contributed by atoms with van der Waals surface area (Å²) >= 11 is 0. The Kier molecular flexibility index (Phi) is 10.7. The SMILES string of the molecule is CCOc1ccc(C(=O)Nc2cccc(C(=O)NN=Cc3ccc(OC(=O)c4cccc(C)c4)c(OC)c3)c2)cc1OCC. The van der Waals surface area contributed by atoms with Crippen molar-refractivity contribution in [3.8, 4) is 23.0 Å². The average Bonchev–Trinajstić information content (AvgIpc) is 3.02. The van der Waals surface area contributed by atoms with Crippen molar-refractivity contribution in [1.29, 1.82) is 0 Å². The smallest absolute Gasteiger partial charge is 0.343 e. The van der Waals surface area contributed by atoms with Crippen LogP contribution in [0.15, 0.2) is 90.0 Å². The van der Waals surface area contributed by atoms with Gasteiger partial charge in [-0.3, -0.25) is 9.59 Å². The van der Waals surface area contributed by atoms with Gasteiger partial charge in [0.2, 0.25) is 0 Å². The number of carbonyl (C=O) groups is 3. The summed E-state index contributed by atoms with van der Waals surface area (Å²) in [5.41, 5.74) is 5.53. The van der Waals surface area contributed by atoms with Crippen LogP contribution in [0, 0.1) is 6.92 Å². The Morgan fingerprint density at radius 3 is 2.18 bits per heavy atom.